The lowest BCUT2D eigenvalue weighted by Gasteiger charge is -2.42. The van der Waals surface area contributed by atoms with Gasteiger partial charge in [0, 0.05) is 23.4 Å². The van der Waals surface area contributed by atoms with Gasteiger partial charge in [0.2, 0.25) is 11.0 Å². The number of hydrogen-bond acceptors (Lipinski definition) is 10. The molecular weight excluding hydrogens is 560 g/mol. The van der Waals surface area contributed by atoms with Gasteiger partial charge < -0.3 is 16.2 Å². The first-order valence-corrected chi connectivity index (χ1v) is 14.5. The number of aromatic nitrogens is 2. The predicted molar refractivity (Wildman–Crippen MR) is 156 cm³/mol. The van der Waals surface area contributed by atoms with Crippen molar-refractivity contribution in [3.63, 3.8) is 0 Å². The minimum atomic E-state index is -1.05. The van der Waals surface area contributed by atoms with Crippen molar-refractivity contribution in [2.45, 2.75) is 36.9 Å². The Balaban J connectivity index is 1.41. The largest absolute Gasteiger partial charge is 0.478 e. The number of carboxylic acids is 1. The zero-order valence-electron chi connectivity index (χ0n) is 22.2. The molecule has 208 valence electrons. The van der Waals surface area contributed by atoms with Crippen molar-refractivity contribution in [1.29, 1.82) is 5.26 Å². The number of hydrogen-bond donors (Lipinski definition) is 3. The van der Waals surface area contributed by atoms with Crippen molar-refractivity contribution in [1.82, 2.24) is 10.2 Å². The van der Waals surface area contributed by atoms with Gasteiger partial charge >= 0.3 is 5.97 Å². The molecule has 41 heavy (non-hydrogen) atoms. The van der Waals surface area contributed by atoms with Crippen LogP contribution in [0.2, 0.25) is 0 Å². The highest BCUT2D eigenvalue weighted by molar-refractivity contribution is 8.01. The van der Waals surface area contributed by atoms with E-state index in [0.29, 0.717) is 39.3 Å². The highest BCUT2D eigenvalue weighted by Crippen LogP contribution is 2.50. The maximum Gasteiger partial charge on any atom is 0.335 e. The number of anilines is 2. The molecule has 2 aromatic carbocycles. The van der Waals surface area contributed by atoms with E-state index in [1.807, 2.05) is 44.2 Å². The lowest BCUT2D eigenvalue weighted by molar-refractivity contribution is -0.118. The van der Waals surface area contributed by atoms with Gasteiger partial charge in [-0.15, -0.1) is 10.2 Å². The summed E-state index contributed by atoms with van der Waals surface area (Å²) in [5.74, 6) is -1.68. The number of rotatable bonds is 7. The molecular formula is C29H26N6O4S2. The second kappa shape index (κ2) is 11.2. The number of nitrogens with one attached hydrogen (secondary N) is 1. The monoisotopic (exact) mass is 586 g/mol. The number of Topliss-reactive ketones (excluding diaryl/α,β-unsaturated/α-hetero) is 1. The lowest BCUT2D eigenvalue weighted by Crippen LogP contribution is -2.42. The fraction of sp³-hybridized carbons (Fsp3) is 0.241. The number of benzene rings is 2. The number of nitrogens with two attached hydrogens (primary N) is 1. The van der Waals surface area contributed by atoms with Crippen LogP contribution in [0.3, 0.4) is 0 Å². The Morgan fingerprint density at radius 1 is 1.17 bits per heavy atom. The summed E-state index contributed by atoms with van der Waals surface area (Å²) in [6, 6.07) is 17.5. The summed E-state index contributed by atoms with van der Waals surface area (Å²) in [6.45, 7) is 4.05. The highest BCUT2D eigenvalue weighted by Gasteiger charge is 2.45. The van der Waals surface area contributed by atoms with E-state index in [1.165, 1.54) is 47.4 Å². The van der Waals surface area contributed by atoms with Crippen LogP contribution in [0.1, 0.15) is 48.5 Å². The van der Waals surface area contributed by atoms with Crippen molar-refractivity contribution < 1.29 is 19.5 Å². The van der Waals surface area contributed by atoms with Crippen LogP contribution in [0.5, 0.6) is 0 Å². The van der Waals surface area contributed by atoms with E-state index in [9.17, 15) is 19.6 Å². The fourth-order valence-electron chi connectivity index (χ4n) is 5.08. The Morgan fingerprint density at radius 2 is 1.88 bits per heavy atom. The van der Waals surface area contributed by atoms with Crippen LogP contribution < -0.4 is 16.0 Å². The second-order valence-corrected chi connectivity index (χ2v) is 12.6. The van der Waals surface area contributed by atoms with E-state index in [4.69, 9.17) is 10.8 Å². The van der Waals surface area contributed by atoms with Crippen LogP contribution >= 0.6 is 23.1 Å². The summed E-state index contributed by atoms with van der Waals surface area (Å²) in [4.78, 5) is 38.8. The number of ketones is 1. The van der Waals surface area contributed by atoms with Gasteiger partial charge in [0.25, 0.3) is 0 Å². The Labute approximate surface area is 244 Å². The van der Waals surface area contributed by atoms with E-state index in [0.717, 1.165) is 5.56 Å². The minimum absolute atomic E-state index is 0.0254. The van der Waals surface area contributed by atoms with E-state index < -0.39 is 11.9 Å². The molecule has 1 atom stereocenters. The van der Waals surface area contributed by atoms with Gasteiger partial charge in [0.15, 0.2) is 10.1 Å². The Hall–Kier alpha value is -4.47. The number of carbonyl (C=O) groups excluding carboxylic acids is 2. The van der Waals surface area contributed by atoms with Gasteiger partial charge in [-0.05, 0) is 41.7 Å². The highest BCUT2D eigenvalue weighted by atomic mass is 32.2. The smallest absolute Gasteiger partial charge is 0.335 e. The molecule has 12 heteroatoms. The van der Waals surface area contributed by atoms with Crippen LogP contribution in [0.15, 0.2) is 81.6 Å². The number of carboxylic acid groups (broad SMARTS) is 1. The summed E-state index contributed by atoms with van der Waals surface area (Å²) < 4.78 is 0.511. The average Bonchev–Trinajstić information content (AvgIpc) is 3.40. The van der Waals surface area contributed by atoms with E-state index in [1.54, 1.807) is 4.90 Å². The van der Waals surface area contributed by atoms with Gasteiger partial charge in [0.05, 0.1) is 28.9 Å². The molecule has 5 rings (SSSR count). The first-order valence-electron chi connectivity index (χ1n) is 12.7. The molecule has 2 aliphatic rings. The zero-order valence-corrected chi connectivity index (χ0v) is 23.9. The third-order valence-corrected chi connectivity index (χ3v) is 8.89. The maximum atomic E-state index is 13.6. The number of thioether (sulfide) groups is 1. The molecule has 0 fully saturated rings. The molecule has 4 N–H and O–H groups in total. The maximum absolute atomic E-state index is 13.6. The second-order valence-electron chi connectivity index (χ2n) is 10.5. The normalized spacial score (nSPS) is 18.1. The minimum Gasteiger partial charge on any atom is -0.478 e. The molecule has 0 spiro atoms. The molecule has 0 saturated heterocycles. The Morgan fingerprint density at radius 3 is 2.54 bits per heavy atom. The van der Waals surface area contributed by atoms with Crippen molar-refractivity contribution in [3.8, 4) is 6.07 Å². The van der Waals surface area contributed by atoms with Crippen LogP contribution in [0.4, 0.5) is 10.8 Å². The van der Waals surface area contributed by atoms with Gasteiger partial charge in [-0.1, -0.05) is 67.3 Å². The van der Waals surface area contributed by atoms with Gasteiger partial charge in [-0.3, -0.25) is 14.5 Å². The van der Waals surface area contributed by atoms with Crippen LogP contribution in [0.25, 0.3) is 0 Å². The Kier molecular flexibility index (Phi) is 7.66. The number of nitriles is 1. The summed E-state index contributed by atoms with van der Waals surface area (Å²) in [7, 11) is 0. The topological polar surface area (TPSA) is 162 Å². The quantitative estimate of drug-likeness (QED) is 0.324. The summed E-state index contributed by atoms with van der Waals surface area (Å²) in [5.41, 5.74) is 9.31. The van der Waals surface area contributed by atoms with E-state index >= 15 is 0 Å². The van der Waals surface area contributed by atoms with E-state index in [-0.39, 0.29) is 39.8 Å². The molecule has 1 aliphatic heterocycles. The van der Waals surface area contributed by atoms with Crippen molar-refractivity contribution in [2.24, 2.45) is 11.1 Å². The Bertz CT molecular complexity index is 1640. The predicted octanol–water partition coefficient (Wildman–Crippen LogP) is 4.91. The SMILES string of the molecule is CC1(C)CC(=O)C2=C(C1)N(c1nnc(SCC(=O)Nc3ccc(C(=O)O)cc3)s1)C(N)=C(C#N)C2c1ccccc1. The van der Waals surface area contributed by atoms with Gasteiger partial charge in [-0.25, -0.2) is 4.79 Å². The van der Waals surface area contributed by atoms with Crippen molar-refractivity contribution in [3.05, 3.63) is 88.4 Å². The number of amides is 1. The van der Waals surface area contributed by atoms with Crippen LogP contribution in [-0.2, 0) is 9.59 Å². The molecule has 1 amide bonds. The third-order valence-electron chi connectivity index (χ3n) is 6.84. The van der Waals surface area contributed by atoms with Crippen molar-refractivity contribution >= 4 is 51.6 Å². The molecule has 0 radical (unpaired) electrons. The molecule has 0 saturated carbocycles. The molecule has 1 aromatic heterocycles. The first kappa shape index (κ1) is 28.1. The summed E-state index contributed by atoms with van der Waals surface area (Å²) in [5, 5.41) is 30.9. The average molecular weight is 587 g/mol. The van der Waals surface area contributed by atoms with Crippen LogP contribution in [-0.4, -0.2) is 38.7 Å². The van der Waals surface area contributed by atoms with Crippen molar-refractivity contribution in [2.75, 3.05) is 16.0 Å². The third kappa shape index (κ3) is 5.73. The number of carbonyl (C=O) groups is 3. The summed E-state index contributed by atoms with van der Waals surface area (Å²) in [6.07, 6.45) is 0.912. The zero-order chi connectivity index (χ0) is 29.3. The van der Waals surface area contributed by atoms with Gasteiger partial charge in [-0.2, -0.15) is 5.26 Å². The molecule has 2 heterocycles. The number of allylic oxidation sites excluding steroid dienone is 3. The van der Waals surface area contributed by atoms with E-state index in [2.05, 4.69) is 21.6 Å². The number of aromatic carboxylic acids is 1. The molecule has 10 nitrogen and oxygen atoms in total. The standard InChI is InChI=1S/C29H26N6O4S2/c1-29(2)12-20-24(21(36)13-29)23(16-6-4-3-5-7-16)19(14-30)25(31)35(20)27-33-34-28(41-27)40-15-22(37)32-18-10-8-17(9-11-18)26(38)39/h3-11,23H,12-13,15,31H2,1-2H3,(H,32,37)(H,38,39). The van der Waals surface area contributed by atoms with Crippen LogP contribution in [0, 0.1) is 16.7 Å². The molecule has 3 aromatic rings. The molecule has 1 aliphatic carbocycles. The summed E-state index contributed by atoms with van der Waals surface area (Å²) >= 11 is 2.40. The molecule has 0 bridgehead atoms. The first-order chi connectivity index (χ1) is 19.6. The number of nitrogens with zero attached hydrogens (tertiary/aromatic N) is 4. The molecule has 1 unspecified atom stereocenters. The fourth-order valence-corrected chi connectivity index (χ4v) is 6.76. The lowest BCUT2D eigenvalue weighted by atomic mass is 9.69. The van der Waals surface area contributed by atoms with Gasteiger partial charge in [0.1, 0.15) is 5.82 Å².